The Hall–Kier alpha value is -1.42. The van der Waals surface area contributed by atoms with Crippen LogP contribution < -0.4 is 0 Å². The van der Waals surface area contributed by atoms with Gasteiger partial charge in [-0.3, -0.25) is 4.79 Å². The summed E-state index contributed by atoms with van der Waals surface area (Å²) in [5, 5.41) is 0. The number of rotatable bonds is 3. The molecule has 0 N–H and O–H groups in total. The van der Waals surface area contributed by atoms with E-state index in [9.17, 15) is 9.18 Å². The third-order valence-electron chi connectivity index (χ3n) is 2.75. The summed E-state index contributed by atoms with van der Waals surface area (Å²) in [6, 6.07) is 6.25. The molecule has 16 heavy (non-hydrogen) atoms. The molecule has 1 aromatic rings. The topological polar surface area (TPSA) is 35.5 Å². The highest BCUT2D eigenvalue weighted by Crippen LogP contribution is 2.35. The first-order valence-electron chi connectivity index (χ1n) is 5.20. The first-order chi connectivity index (χ1) is 7.70. The minimum absolute atomic E-state index is 0.187. The molecule has 0 atom stereocenters. The highest BCUT2D eigenvalue weighted by atomic mass is 19.1. The Labute approximate surface area is 93.2 Å². The van der Waals surface area contributed by atoms with Gasteiger partial charge in [0.2, 0.25) is 0 Å². The van der Waals surface area contributed by atoms with Gasteiger partial charge < -0.3 is 9.47 Å². The van der Waals surface area contributed by atoms with Gasteiger partial charge in [0.1, 0.15) is 11.2 Å². The zero-order chi connectivity index (χ0) is 11.6. The predicted octanol–water partition coefficient (Wildman–Crippen LogP) is 1.66. The SMILES string of the molecule is CCOC(=O)C1(c2ccccc2F)COC1. The Morgan fingerprint density at radius 3 is 2.69 bits per heavy atom. The van der Waals surface area contributed by atoms with E-state index in [1.807, 2.05) is 0 Å². The van der Waals surface area contributed by atoms with Crippen LogP contribution in [0.25, 0.3) is 0 Å². The van der Waals surface area contributed by atoms with Crippen LogP contribution in [0.2, 0.25) is 0 Å². The molecule has 1 aliphatic heterocycles. The molecular weight excluding hydrogens is 211 g/mol. The predicted molar refractivity (Wildman–Crippen MR) is 55.5 cm³/mol. The van der Waals surface area contributed by atoms with E-state index >= 15 is 0 Å². The second kappa shape index (κ2) is 4.22. The summed E-state index contributed by atoms with van der Waals surface area (Å²) in [4.78, 5) is 11.8. The third-order valence-corrected chi connectivity index (χ3v) is 2.75. The van der Waals surface area contributed by atoms with Crippen molar-refractivity contribution in [2.75, 3.05) is 19.8 Å². The number of carbonyl (C=O) groups excluding carboxylic acids is 1. The zero-order valence-electron chi connectivity index (χ0n) is 9.03. The van der Waals surface area contributed by atoms with Crippen molar-refractivity contribution < 1.29 is 18.7 Å². The van der Waals surface area contributed by atoms with Crippen LogP contribution in [0.15, 0.2) is 24.3 Å². The summed E-state index contributed by atoms with van der Waals surface area (Å²) in [7, 11) is 0. The Morgan fingerprint density at radius 1 is 1.50 bits per heavy atom. The minimum atomic E-state index is -0.943. The molecular formula is C12H13FO3. The molecule has 1 aliphatic rings. The highest BCUT2D eigenvalue weighted by molar-refractivity contribution is 5.84. The number of esters is 1. The van der Waals surface area contributed by atoms with Gasteiger partial charge in [-0.2, -0.15) is 0 Å². The lowest BCUT2D eigenvalue weighted by atomic mass is 9.78. The third kappa shape index (κ3) is 1.59. The lowest BCUT2D eigenvalue weighted by Crippen LogP contribution is -2.54. The Balaban J connectivity index is 2.35. The van der Waals surface area contributed by atoms with E-state index < -0.39 is 11.4 Å². The van der Waals surface area contributed by atoms with Crippen molar-refractivity contribution in [3.63, 3.8) is 0 Å². The van der Waals surface area contributed by atoms with Crippen LogP contribution in [0.5, 0.6) is 0 Å². The summed E-state index contributed by atoms with van der Waals surface area (Å²) in [6.07, 6.45) is 0. The fraction of sp³-hybridized carbons (Fsp3) is 0.417. The lowest BCUT2D eigenvalue weighted by molar-refractivity contribution is -0.169. The van der Waals surface area contributed by atoms with E-state index in [0.29, 0.717) is 5.56 Å². The van der Waals surface area contributed by atoms with Gasteiger partial charge in [0.25, 0.3) is 0 Å². The molecule has 86 valence electrons. The average Bonchev–Trinajstić information content (AvgIpc) is 2.19. The maximum absolute atomic E-state index is 13.6. The molecule has 0 aliphatic carbocycles. The molecule has 0 bridgehead atoms. The van der Waals surface area contributed by atoms with E-state index in [0.717, 1.165) is 0 Å². The monoisotopic (exact) mass is 224 g/mol. The van der Waals surface area contributed by atoms with Gasteiger partial charge in [-0.15, -0.1) is 0 Å². The van der Waals surface area contributed by atoms with E-state index in [-0.39, 0.29) is 25.6 Å². The van der Waals surface area contributed by atoms with Crippen LogP contribution in [0.4, 0.5) is 4.39 Å². The van der Waals surface area contributed by atoms with Crippen LogP contribution in [0.1, 0.15) is 12.5 Å². The van der Waals surface area contributed by atoms with E-state index in [1.165, 1.54) is 6.07 Å². The summed E-state index contributed by atoms with van der Waals surface area (Å²) >= 11 is 0. The van der Waals surface area contributed by atoms with Crippen LogP contribution in [0.3, 0.4) is 0 Å². The van der Waals surface area contributed by atoms with E-state index in [1.54, 1.807) is 25.1 Å². The van der Waals surface area contributed by atoms with Gasteiger partial charge in [0.15, 0.2) is 0 Å². The highest BCUT2D eigenvalue weighted by Gasteiger charge is 2.50. The molecule has 0 aromatic heterocycles. The second-order valence-corrected chi connectivity index (χ2v) is 3.78. The largest absolute Gasteiger partial charge is 0.465 e. The number of halogens is 1. The average molecular weight is 224 g/mol. The van der Waals surface area contributed by atoms with Gasteiger partial charge in [0, 0.05) is 5.56 Å². The summed E-state index contributed by atoms with van der Waals surface area (Å²) in [6.45, 7) is 2.39. The molecule has 0 saturated carbocycles. The van der Waals surface area contributed by atoms with Gasteiger partial charge in [-0.05, 0) is 13.0 Å². The Morgan fingerprint density at radius 2 is 2.19 bits per heavy atom. The van der Waals surface area contributed by atoms with E-state index in [4.69, 9.17) is 9.47 Å². The molecule has 1 heterocycles. The fourth-order valence-corrected chi connectivity index (χ4v) is 1.81. The van der Waals surface area contributed by atoms with Gasteiger partial charge in [0.05, 0.1) is 19.8 Å². The van der Waals surface area contributed by atoms with Crippen molar-refractivity contribution in [1.29, 1.82) is 0 Å². The molecule has 4 heteroatoms. The minimum Gasteiger partial charge on any atom is -0.465 e. The molecule has 1 fully saturated rings. The van der Waals surface area contributed by atoms with Crippen LogP contribution in [-0.2, 0) is 19.7 Å². The maximum atomic E-state index is 13.6. The number of ether oxygens (including phenoxy) is 2. The Kier molecular flexibility index (Phi) is 2.92. The molecule has 0 amide bonds. The summed E-state index contributed by atoms with van der Waals surface area (Å²) < 4.78 is 23.7. The maximum Gasteiger partial charge on any atom is 0.321 e. The molecule has 2 rings (SSSR count). The van der Waals surface area contributed by atoms with Crippen molar-refractivity contribution in [1.82, 2.24) is 0 Å². The number of hydrogen-bond donors (Lipinski definition) is 0. The smallest absolute Gasteiger partial charge is 0.321 e. The number of hydrogen-bond acceptors (Lipinski definition) is 3. The van der Waals surface area contributed by atoms with Crippen molar-refractivity contribution in [3.05, 3.63) is 35.6 Å². The fourth-order valence-electron chi connectivity index (χ4n) is 1.81. The summed E-state index contributed by atoms with van der Waals surface area (Å²) in [5.74, 6) is -0.801. The van der Waals surface area contributed by atoms with Gasteiger partial charge >= 0.3 is 5.97 Å². The first-order valence-corrected chi connectivity index (χ1v) is 5.20. The zero-order valence-corrected chi connectivity index (χ0v) is 9.03. The van der Waals surface area contributed by atoms with Crippen LogP contribution >= 0.6 is 0 Å². The quantitative estimate of drug-likeness (QED) is 0.732. The molecule has 0 radical (unpaired) electrons. The van der Waals surface area contributed by atoms with Gasteiger partial charge in [-0.1, -0.05) is 18.2 Å². The van der Waals surface area contributed by atoms with Crippen LogP contribution in [0, 0.1) is 5.82 Å². The van der Waals surface area contributed by atoms with Crippen LogP contribution in [-0.4, -0.2) is 25.8 Å². The molecule has 1 aromatic carbocycles. The molecule has 0 spiro atoms. The van der Waals surface area contributed by atoms with E-state index in [2.05, 4.69) is 0 Å². The van der Waals surface area contributed by atoms with Crippen molar-refractivity contribution >= 4 is 5.97 Å². The molecule has 3 nitrogen and oxygen atoms in total. The first kappa shape index (κ1) is 11.1. The molecule has 1 saturated heterocycles. The number of benzene rings is 1. The molecule has 0 unspecified atom stereocenters. The van der Waals surface area contributed by atoms with Crippen molar-refractivity contribution in [2.24, 2.45) is 0 Å². The number of carbonyl (C=O) groups is 1. The Bertz CT molecular complexity index is 399. The van der Waals surface area contributed by atoms with Crippen molar-refractivity contribution in [2.45, 2.75) is 12.3 Å². The normalized spacial score (nSPS) is 17.6. The standard InChI is InChI=1S/C12H13FO3/c1-2-16-11(14)12(7-15-8-12)9-5-3-4-6-10(9)13/h3-6H,2,7-8H2,1H3. The summed E-state index contributed by atoms with van der Waals surface area (Å²) in [5.41, 5.74) is -0.582. The lowest BCUT2D eigenvalue weighted by Gasteiger charge is -2.39. The van der Waals surface area contributed by atoms with Crippen molar-refractivity contribution in [3.8, 4) is 0 Å². The second-order valence-electron chi connectivity index (χ2n) is 3.78. The van der Waals surface area contributed by atoms with Gasteiger partial charge in [-0.25, -0.2) is 4.39 Å².